The van der Waals surface area contributed by atoms with Crippen LogP contribution in [0.3, 0.4) is 0 Å². The molecular formula is C25H27N3O4S. The van der Waals surface area contributed by atoms with E-state index in [2.05, 4.69) is 15.2 Å². The molecule has 3 aromatic rings. The quantitative estimate of drug-likeness (QED) is 0.411. The smallest absolute Gasteiger partial charge is 0.339 e. The number of hydrogen-bond acceptors (Lipinski definition) is 5. The normalized spacial score (nSPS) is 13.6. The lowest BCUT2D eigenvalue weighted by atomic mass is 10.1. The Morgan fingerprint density at radius 2 is 1.91 bits per heavy atom. The van der Waals surface area contributed by atoms with Crippen molar-refractivity contribution in [1.29, 1.82) is 0 Å². The molecule has 172 valence electrons. The predicted molar refractivity (Wildman–Crippen MR) is 133 cm³/mol. The highest BCUT2D eigenvalue weighted by Gasteiger charge is 2.26. The van der Waals surface area contributed by atoms with E-state index in [1.165, 1.54) is 7.11 Å². The standard InChI is InChI=1S/C25H27N3O4S/c1-31-19-11-12-21-16(14-19)13-17(23(29)26-21)15-28(18-7-3-4-8-18)25(33)27-22-10-6-5-9-20(22)24(30)32-2/h5-6,9-14,18H,3-4,7-8,15H2,1-2H3,(H,26,29)(H,27,33). The van der Waals surface area contributed by atoms with E-state index in [-0.39, 0.29) is 11.6 Å². The van der Waals surface area contributed by atoms with Crippen LogP contribution in [0.15, 0.2) is 53.3 Å². The molecule has 0 saturated heterocycles. The minimum absolute atomic E-state index is 0.145. The molecule has 0 atom stereocenters. The monoisotopic (exact) mass is 465 g/mol. The van der Waals surface area contributed by atoms with E-state index in [9.17, 15) is 9.59 Å². The molecule has 0 bridgehead atoms. The van der Waals surface area contributed by atoms with Gasteiger partial charge in [0.2, 0.25) is 0 Å². The van der Waals surface area contributed by atoms with E-state index in [0.717, 1.165) is 42.3 Å². The number of rotatable bonds is 6. The number of thiocarbonyl (C=S) groups is 1. The van der Waals surface area contributed by atoms with Gasteiger partial charge in [-0.15, -0.1) is 0 Å². The zero-order chi connectivity index (χ0) is 23.4. The number of hydrogen-bond donors (Lipinski definition) is 2. The van der Waals surface area contributed by atoms with Crippen LogP contribution in [0.1, 0.15) is 41.6 Å². The molecule has 0 spiro atoms. The number of carbonyl (C=O) groups is 1. The topological polar surface area (TPSA) is 83.7 Å². The molecule has 1 aliphatic carbocycles. The molecule has 0 radical (unpaired) electrons. The SMILES string of the molecule is COC(=O)c1ccccc1NC(=S)N(Cc1cc2cc(OC)ccc2[nH]c1=O)C1CCCC1. The molecule has 7 nitrogen and oxygen atoms in total. The van der Waals surface area contributed by atoms with Crippen LogP contribution in [-0.4, -0.2) is 41.2 Å². The molecule has 0 aliphatic heterocycles. The van der Waals surface area contributed by atoms with Crippen LogP contribution in [0, 0.1) is 0 Å². The summed E-state index contributed by atoms with van der Waals surface area (Å²) in [6.07, 6.45) is 4.24. The van der Waals surface area contributed by atoms with Gasteiger partial charge in [-0.2, -0.15) is 0 Å². The lowest BCUT2D eigenvalue weighted by molar-refractivity contribution is 0.0602. The van der Waals surface area contributed by atoms with Gasteiger partial charge in [0.15, 0.2) is 5.11 Å². The minimum atomic E-state index is -0.437. The molecule has 1 heterocycles. The Bertz CT molecular complexity index is 1230. The summed E-state index contributed by atoms with van der Waals surface area (Å²) in [7, 11) is 2.97. The number of carbonyl (C=O) groups excluding carboxylic acids is 1. The Hall–Kier alpha value is -3.39. The molecule has 1 saturated carbocycles. The van der Waals surface area contributed by atoms with Gasteiger partial charge in [-0.3, -0.25) is 4.79 Å². The van der Waals surface area contributed by atoms with Gasteiger partial charge in [0.25, 0.3) is 5.56 Å². The molecule has 1 fully saturated rings. The first-order valence-corrected chi connectivity index (χ1v) is 11.4. The average molecular weight is 466 g/mol. The van der Waals surface area contributed by atoms with Gasteiger partial charge in [-0.25, -0.2) is 4.79 Å². The Balaban J connectivity index is 1.65. The van der Waals surface area contributed by atoms with Crippen LogP contribution in [0.2, 0.25) is 0 Å². The molecule has 1 aromatic heterocycles. The van der Waals surface area contributed by atoms with Crippen molar-refractivity contribution in [1.82, 2.24) is 9.88 Å². The fourth-order valence-electron chi connectivity index (χ4n) is 4.31. The van der Waals surface area contributed by atoms with Crippen molar-refractivity contribution in [3.8, 4) is 5.75 Å². The van der Waals surface area contributed by atoms with Crippen LogP contribution in [-0.2, 0) is 11.3 Å². The van der Waals surface area contributed by atoms with Crippen molar-refractivity contribution < 1.29 is 14.3 Å². The Morgan fingerprint density at radius 3 is 2.64 bits per heavy atom. The Morgan fingerprint density at radius 1 is 1.15 bits per heavy atom. The summed E-state index contributed by atoms with van der Waals surface area (Å²) in [6, 6.07) is 14.8. The van der Waals surface area contributed by atoms with Crippen molar-refractivity contribution in [2.45, 2.75) is 38.3 Å². The van der Waals surface area contributed by atoms with Crippen LogP contribution >= 0.6 is 12.2 Å². The summed E-state index contributed by atoms with van der Waals surface area (Å²) in [6.45, 7) is 0.360. The Labute approximate surface area is 197 Å². The van der Waals surface area contributed by atoms with Gasteiger partial charge in [0.1, 0.15) is 5.75 Å². The van der Waals surface area contributed by atoms with Gasteiger partial charge in [-0.05, 0) is 61.5 Å². The lowest BCUT2D eigenvalue weighted by Gasteiger charge is -2.32. The molecular weight excluding hydrogens is 438 g/mol. The molecule has 1 aliphatic rings. The van der Waals surface area contributed by atoms with E-state index in [1.54, 1.807) is 25.3 Å². The van der Waals surface area contributed by atoms with Crippen molar-refractivity contribution in [2.24, 2.45) is 0 Å². The fourth-order valence-corrected chi connectivity index (χ4v) is 4.63. The number of H-pyrrole nitrogens is 1. The largest absolute Gasteiger partial charge is 0.497 e. The predicted octanol–water partition coefficient (Wildman–Crippen LogP) is 4.46. The number of ether oxygens (including phenoxy) is 2. The summed E-state index contributed by atoms with van der Waals surface area (Å²) < 4.78 is 10.2. The second-order valence-corrected chi connectivity index (χ2v) is 8.50. The van der Waals surface area contributed by atoms with E-state index in [0.29, 0.717) is 28.5 Å². The highest BCUT2D eigenvalue weighted by atomic mass is 32.1. The maximum Gasteiger partial charge on any atom is 0.339 e. The zero-order valence-corrected chi connectivity index (χ0v) is 19.5. The van der Waals surface area contributed by atoms with Crippen molar-refractivity contribution in [3.05, 3.63) is 70.0 Å². The van der Waals surface area contributed by atoms with Crippen LogP contribution in [0.25, 0.3) is 10.9 Å². The molecule has 2 aromatic carbocycles. The van der Waals surface area contributed by atoms with Gasteiger partial charge < -0.3 is 24.7 Å². The van der Waals surface area contributed by atoms with E-state index in [4.69, 9.17) is 21.7 Å². The minimum Gasteiger partial charge on any atom is -0.497 e. The summed E-state index contributed by atoms with van der Waals surface area (Å²) >= 11 is 5.78. The van der Waals surface area contributed by atoms with E-state index >= 15 is 0 Å². The number of para-hydroxylation sites is 1. The van der Waals surface area contributed by atoms with Crippen LogP contribution in [0.5, 0.6) is 5.75 Å². The molecule has 0 unspecified atom stereocenters. The fraction of sp³-hybridized carbons (Fsp3) is 0.320. The third-order valence-electron chi connectivity index (χ3n) is 6.07. The number of nitrogens with zero attached hydrogens (tertiary/aromatic N) is 1. The second-order valence-electron chi connectivity index (χ2n) is 8.11. The Kier molecular flexibility index (Phi) is 6.93. The molecule has 33 heavy (non-hydrogen) atoms. The van der Waals surface area contributed by atoms with Gasteiger partial charge in [-0.1, -0.05) is 25.0 Å². The number of nitrogens with one attached hydrogen (secondary N) is 2. The first-order valence-electron chi connectivity index (χ1n) is 10.9. The summed E-state index contributed by atoms with van der Waals surface area (Å²) in [5.74, 6) is 0.290. The number of aromatic nitrogens is 1. The van der Waals surface area contributed by atoms with Crippen molar-refractivity contribution in [3.63, 3.8) is 0 Å². The van der Waals surface area contributed by atoms with Crippen LogP contribution < -0.4 is 15.6 Å². The van der Waals surface area contributed by atoms with Crippen LogP contribution in [0.4, 0.5) is 5.69 Å². The number of benzene rings is 2. The lowest BCUT2D eigenvalue weighted by Crippen LogP contribution is -2.42. The third-order valence-corrected chi connectivity index (χ3v) is 6.41. The number of aromatic amines is 1. The maximum atomic E-state index is 12.9. The first kappa shape index (κ1) is 22.8. The number of anilines is 1. The summed E-state index contributed by atoms with van der Waals surface area (Å²) in [5.41, 5.74) is 2.21. The average Bonchev–Trinajstić information content (AvgIpc) is 3.36. The summed E-state index contributed by atoms with van der Waals surface area (Å²) in [4.78, 5) is 30.1. The van der Waals surface area contributed by atoms with E-state index in [1.807, 2.05) is 30.3 Å². The number of pyridine rings is 1. The summed E-state index contributed by atoms with van der Waals surface area (Å²) in [5, 5.41) is 4.59. The number of methoxy groups -OCH3 is 2. The third kappa shape index (κ3) is 5.01. The molecule has 4 rings (SSSR count). The second kappa shape index (κ2) is 10.0. The van der Waals surface area contributed by atoms with E-state index < -0.39 is 5.97 Å². The van der Waals surface area contributed by atoms with Gasteiger partial charge in [0.05, 0.1) is 32.0 Å². The first-order chi connectivity index (χ1) is 16.0. The van der Waals surface area contributed by atoms with Crippen molar-refractivity contribution in [2.75, 3.05) is 19.5 Å². The highest BCUT2D eigenvalue weighted by molar-refractivity contribution is 7.80. The number of fused-ring (bicyclic) bond motifs is 1. The molecule has 0 amide bonds. The zero-order valence-electron chi connectivity index (χ0n) is 18.7. The molecule has 2 N–H and O–H groups in total. The highest BCUT2D eigenvalue weighted by Crippen LogP contribution is 2.27. The maximum absolute atomic E-state index is 12.9. The van der Waals surface area contributed by atoms with Gasteiger partial charge in [0, 0.05) is 22.5 Å². The number of esters is 1. The molecule has 8 heteroatoms. The van der Waals surface area contributed by atoms with Crippen molar-refractivity contribution >= 4 is 39.9 Å². The van der Waals surface area contributed by atoms with Gasteiger partial charge >= 0.3 is 5.97 Å².